The van der Waals surface area contributed by atoms with Crippen LogP contribution in [0.5, 0.6) is 34.5 Å². The van der Waals surface area contributed by atoms with Crippen LogP contribution in [0.3, 0.4) is 0 Å². The Balaban J connectivity index is 0.000000423. The van der Waals surface area contributed by atoms with Gasteiger partial charge in [-0.15, -0.1) is 0 Å². The average Bonchev–Trinajstić information content (AvgIpc) is 3.20. The van der Waals surface area contributed by atoms with Crippen molar-refractivity contribution in [1.82, 2.24) is 0 Å². The van der Waals surface area contributed by atoms with E-state index in [2.05, 4.69) is 0 Å². The second-order valence-electron chi connectivity index (χ2n) is 12.2. The fraction of sp³-hybridized carbons (Fsp3) is 0.114. The van der Waals surface area contributed by atoms with Crippen molar-refractivity contribution in [3.63, 3.8) is 0 Å². The van der Waals surface area contributed by atoms with Gasteiger partial charge in [-0.05, 0) is 36.4 Å². The maximum Gasteiger partial charge on any atom is 2.00 e. The number of phenolic OH excluding ortho intramolecular Hbond substituents is 6. The summed E-state index contributed by atoms with van der Waals surface area (Å²) in [6, 6.07) is 36.6. The Morgan fingerprint density at radius 1 is 0.367 bits per heavy atom. The number of aromatic hydroxyl groups is 6. The van der Waals surface area contributed by atoms with E-state index in [4.69, 9.17) is 11.5 Å². The smallest absolute Gasteiger partial charge is 0.549 e. The molecule has 0 aromatic heterocycles. The fourth-order valence-electron chi connectivity index (χ4n) is 5.65. The molecule has 0 aliphatic rings. The SMILES string of the molecule is NCCN.O=C([O-])C(c1ccccc1O)c1ccccc1O.O=C([O-])C(c1ccccc1O)c1ccccc1O.O=C([O-])C(c1ccccc1O)c1ccccc1O.[Cu+2].[Na+]. The van der Waals surface area contributed by atoms with Gasteiger partial charge in [0.15, 0.2) is 0 Å². The normalized spacial score (nSPS) is 9.95. The minimum absolute atomic E-state index is 0. The number of carboxylic acids is 3. The number of hydrogen-bond acceptors (Lipinski definition) is 14. The van der Waals surface area contributed by atoms with Crippen molar-refractivity contribution in [2.75, 3.05) is 13.1 Å². The van der Waals surface area contributed by atoms with Gasteiger partial charge in [0.25, 0.3) is 0 Å². The van der Waals surface area contributed by atoms with Gasteiger partial charge in [-0.2, -0.15) is 0 Å². The van der Waals surface area contributed by atoms with Crippen LogP contribution in [0.4, 0.5) is 0 Å². The second kappa shape index (κ2) is 26.1. The molecule has 0 aliphatic carbocycles. The van der Waals surface area contributed by atoms with Crippen molar-refractivity contribution in [1.29, 1.82) is 0 Å². The van der Waals surface area contributed by atoms with Gasteiger partial charge in [-0.25, -0.2) is 0 Å². The zero-order chi connectivity index (χ0) is 42.8. The van der Waals surface area contributed by atoms with E-state index in [9.17, 15) is 60.3 Å². The summed E-state index contributed by atoms with van der Waals surface area (Å²) in [5.41, 5.74) is 11.0. The molecule has 6 rings (SSSR count). The molecule has 0 fully saturated rings. The third-order valence-electron chi connectivity index (χ3n) is 8.36. The van der Waals surface area contributed by atoms with Gasteiger partial charge in [0.1, 0.15) is 34.5 Å². The van der Waals surface area contributed by atoms with Gasteiger partial charge < -0.3 is 71.8 Å². The predicted octanol–water partition coefficient (Wildman–Crippen LogP) is -1.16. The molecule has 0 unspecified atom stereocenters. The number of carbonyl (C=O) groups excluding carboxylic acids is 3. The Labute approximate surface area is 378 Å². The molecule has 0 saturated carbocycles. The fourth-order valence-corrected chi connectivity index (χ4v) is 5.65. The van der Waals surface area contributed by atoms with Gasteiger partial charge in [-0.1, -0.05) is 109 Å². The second-order valence-corrected chi connectivity index (χ2v) is 12.2. The first-order valence-electron chi connectivity index (χ1n) is 17.4. The van der Waals surface area contributed by atoms with E-state index < -0.39 is 35.7 Å². The summed E-state index contributed by atoms with van der Waals surface area (Å²) in [5, 5.41) is 92.1. The van der Waals surface area contributed by atoms with Gasteiger partial charge in [0, 0.05) is 46.5 Å². The number of benzene rings is 6. The molecule has 6 aromatic carbocycles. The molecule has 0 heterocycles. The summed E-state index contributed by atoms with van der Waals surface area (Å²) >= 11 is 0. The van der Waals surface area contributed by atoms with Gasteiger partial charge in [0.05, 0.1) is 35.7 Å². The zero-order valence-corrected chi connectivity index (χ0v) is 35.0. The van der Waals surface area contributed by atoms with Crippen LogP contribution >= 0.6 is 0 Å². The van der Waals surface area contributed by atoms with Crippen LogP contribution in [0.15, 0.2) is 146 Å². The molecule has 1 radical (unpaired) electrons. The van der Waals surface area contributed by atoms with Crippen molar-refractivity contribution in [2.45, 2.75) is 17.8 Å². The van der Waals surface area contributed by atoms with Crippen LogP contribution in [0.2, 0.25) is 0 Å². The standard InChI is InChI=1S/3C14H12O4.C2H8N2.Cu.Na/c3*15-11-7-3-1-5-9(11)13(14(17)18)10-6-2-4-8-12(10)16;3-1-2-4;;/h3*1-8,13,15-16H,(H,17,18);1-4H2;;/q;;;;+2;+1/p-3. The molecule has 14 nitrogen and oxygen atoms in total. The van der Waals surface area contributed by atoms with E-state index in [0.717, 1.165) is 0 Å². The molecule has 60 heavy (non-hydrogen) atoms. The quantitative estimate of drug-likeness (QED) is 0.0755. The predicted molar refractivity (Wildman–Crippen MR) is 207 cm³/mol. The Morgan fingerprint density at radius 3 is 0.600 bits per heavy atom. The molecule has 10 N–H and O–H groups in total. The van der Waals surface area contributed by atoms with Crippen LogP contribution in [0, 0.1) is 0 Å². The van der Waals surface area contributed by atoms with Crippen molar-refractivity contribution in [2.24, 2.45) is 11.5 Å². The third kappa shape index (κ3) is 14.4. The van der Waals surface area contributed by atoms with E-state index >= 15 is 0 Å². The number of rotatable bonds is 10. The first-order chi connectivity index (χ1) is 27.7. The minimum Gasteiger partial charge on any atom is -0.549 e. The van der Waals surface area contributed by atoms with E-state index in [-0.39, 0.29) is 115 Å². The number of hydrogen-bond donors (Lipinski definition) is 8. The average molecular weight is 876 g/mol. The van der Waals surface area contributed by atoms with E-state index in [1.54, 1.807) is 72.8 Å². The number of phenols is 6. The van der Waals surface area contributed by atoms with Gasteiger partial charge in [-0.3, -0.25) is 0 Å². The number of nitrogens with two attached hydrogens (primary N) is 2. The summed E-state index contributed by atoms with van der Waals surface area (Å²) in [6.07, 6.45) is 0. The Kier molecular flexibility index (Phi) is 22.7. The molecule has 0 amide bonds. The number of carbonyl (C=O) groups is 3. The molecule has 0 spiro atoms. The number of para-hydroxylation sites is 6. The zero-order valence-electron chi connectivity index (χ0n) is 32.1. The summed E-state index contributed by atoms with van der Waals surface area (Å²) < 4.78 is 0. The van der Waals surface area contributed by atoms with Crippen LogP contribution in [-0.2, 0) is 31.5 Å². The molecule has 6 aromatic rings. The molecule has 0 bridgehead atoms. The van der Waals surface area contributed by atoms with E-state index in [1.165, 1.54) is 72.8 Å². The first kappa shape index (κ1) is 52.0. The molecule has 0 atom stereocenters. The Morgan fingerprint density at radius 2 is 0.500 bits per heavy atom. The minimum atomic E-state index is -1.38. The molecule has 311 valence electrons. The summed E-state index contributed by atoms with van der Waals surface area (Å²) in [4.78, 5) is 33.8. The van der Waals surface area contributed by atoms with Crippen molar-refractivity contribution < 1.29 is 107 Å². The van der Waals surface area contributed by atoms with E-state index in [1.807, 2.05) is 0 Å². The largest absolute Gasteiger partial charge is 2.00 e. The molecule has 0 saturated heterocycles. The van der Waals surface area contributed by atoms with Crippen LogP contribution in [0.1, 0.15) is 51.1 Å². The van der Waals surface area contributed by atoms with E-state index in [0.29, 0.717) is 13.1 Å². The van der Waals surface area contributed by atoms with Crippen LogP contribution in [0.25, 0.3) is 0 Å². The maximum absolute atomic E-state index is 11.3. The number of carboxylic acid groups (broad SMARTS) is 3. The Bertz CT molecular complexity index is 1910. The van der Waals surface area contributed by atoms with Gasteiger partial charge in [0.2, 0.25) is 0 Å². The molecular formula is C44H41CuN2NaO12. The first-order valence-corrected chi connectivity index (χ1v) is 17.4. The molecule has 0 aliphatic heterocycles. The van der Waals surface area contributed by atoms with Crippen LogP contribution in [-0.4, -0.2) is 61.6 Å². The monoisotopic (exact) mass is 875 g/mol. The van der Waals surface area contributed by atoms with Crippen molar-refractivity contribution in [3.05, 3.63) is 179 Å². The topological polar surface area (TPSA) is 294 Å². The molecule has 16 heteroatoms. The van der Waals surface area contributed by atoms with Gasteiger partial charge >= 0.3 is 46.6 Å². The summed E-state index contributed by atoms with van der Waals surface area (Å²) in [6.45, 7) is 1.19. The third-order valence-corrected chi connectivity index (χ3v) is 8.36. The van der Waals surface area contributed by atoms with Crippen molar-refractivity contribution >= 4 is 17.9 Å². The summed E-state index contributed by atoms with van der Waals surface area (Å²) in [7, 11) is 0. The maximum atomic E-state index is 11.3. The van der Waals surface area contributed by atoms with Crippen molar-refractivity contribution in [3.8, 4) is 34.5 Å². The van der Waals surface area contributed by atoms with Crippen LogP contribution < -0.4 is 56.3 Å². The Hall–Kier alpha value is -6.03. The number of aliphatic carboxylic acids is 3. The summed E-state index contributed by atoms with van der Waals surface area (Å²) in [5.74, 6) is -8.60. The molecular weight excluding hydrogens is 835 g/mol.